The summed E-state index contributed by atoms with van der Waals surface area (Å²) >= 11 is 0. The van der Waals surface area contributed by atoms with Crippen LogP contribution in [0.3, 0.4) is 0 Å². The van der Waals surface area contributed by atoms with Crippen LogP contribution >= 0.6 is 0 Å². The average Bonchev–Trinajstić information content (AvgIpc) is 2.32. The normalized spacial score (nSPS) is 12.1. The third-order valence-corrected chi connectivity index (χ3v) is 3.17. The minimum Gasteiger partial charge on any atom is -0.324 e. The fraction of sp³-hybridized carbons (Fsp3) is 0.867. The molecule has 2 N–H and O–H groups in total. The second-order valence-corrected chi connectivity index (χ2v) is 4.92. The van der Waals surface area contributed by atoms with Gasteiger partial charge in [0.2, 0.25) is 0 Å². The lowest BCUT2D eigenvalue weighted by molar-refractivity contribution is 0.540. The average molecular weight is 239 g/mol. The van der Waals surface area contributed by atoms with Crippen LogP contribution in [0.4, 0.5) is 0 Å². The Balaban J connectivity index is 3.05. The Hall–Kier alpha value is -0.590. The topological polar surface area (TPSA) is 43.1 Å². The van der Waals surface area contributed by atoms with E-state index >= 15 is 0 Å². The lowest BCUT2D eigenvalue weighted by Gasteiger charge is -2.04. The van der Waals surface area contributed by atoms with E-state index in [-0.39, 0.29) is 6.04 Å². The number of carbonyl (C=O) groups excluding carboxylic acids is 1. The highest BCUT2D eigenvalue weighted by Gasteiger charge is 1.97. The van der Waals surface area contributed by atoms with Gasteiger partial charge in [0.15, 0.2) is 0 Å². The fourth-order valence-corrected chi connectivity index (χ4v) is 2.04. The molecular formula is C15H29NO. The smallest absolute Gasteiger partial charge is 0.121 e. The van der Waals surface area contributed by atoms with Gasteiger partial charge in [0.25, 0.3) is 0 Å². The van der Waals surface area contributed by atoms with Crippen molar-refractivity contribution < 1.29 is 4.79 Å². The van der Waals surface area contributed by atoms with Gasteiger partial charge >= 0.3 is 0 Å². The van der Waals surface area contributed by atoms with E-state index in [0.717, 1.165) is 12.8 Å². The quantitative estimate of drug-likeness (QED) is 0.413. The van der Waals surface area contributed by atoms with Gasteiger partial charge in [-0.1, -0.05) is 71.1 Å². The number of hydrogen-bond acceptors (Lipinski definition) is 2. The molecule has 0 amide bonds. The molecule has 0 aliphatic heterocycles. The van der Waals surface area contributed by atoms with E-state index in [4.69, 9.17) is 5.73 Å². The largest absolute Gasteiger partial charge is 0.324 e. The Bertz CT molecular complexity index is 197. The summed E-state index contributed by atoms with van der Waals surface area (Å²) in [7, 11) is 0. The van der Waals surface area contributed by atoms with Crippen LogP contribution < -0.4 is 5.73 Å². The Labute approximate surface area is 107 Å². The molecule has 0 aromatic carbocycles. The van der Waals surface area contributed by atoms with Crippen molar-refractivity contribution in [3.8, 4) is 0 Å². The van der Waals surface area contributed by atoms with Gasteiger partial charge in [-0.2, -0.15) is 0 Å². The molecule has 0 spiro atoms. The zero-order valence-electron chi connectivity index (χ0n) is 11.4. The van der Waals surface area contributed by atoms with Crippen molar-refractivity contribution in [2.75, 3.05) is 0 Å². The lowest BCUT2D eigenvalue weighted by atomic mass is 10.0. The van der Waals surface area contributed by atoms with Crippen LogP contribution in [-0.4, -0.2) is 12.0 Å². The second kappa shape index (κ2) is 13.5. The Morgan fingerprint density at radius 1 is 0.941 bits per heavy atom. The third kappa shape index (κ3) is 13.3. The standard InChI is InChI=1S/C15H29NO/c1-2-3-4-5-6-7-8-9-10-11-12-15(16)13-14-17/h13,15H,2-12,16H2,1H3. The van der Waals surface area contributed by atoms with Gasteiger partial charge in [-0.25, -0.2) is 4.79 Å². The van der Waals surface area contributed by atoms with E-state index in [1.54, 1.807) is 5.94 Å². The van der Waals surface area contributed by atoms with Gasteiger partial charge in [0.1, 0.15) is 5.94 Å². The number of nitrogens with two attached hydrogens (primary N) is 1. The van der Waals surface area contributed by atoms with E-state index in [2.05, 4.69) is 6.92 Å². The van der Waals surface area contributed by atoms with Crippen molar-refractivity contribution in [2.45, 2.75) is 83.6 Å². The van der Waals surface area contributed by atoms with Crippen molar-refractivity contribution in [1.29, 1.82) is 0 Å². The van der Waals surface area contributed by atoms with Crippen LogP contribution in [-0.2, 0) is 4.79 Å². The predicted molar refractivity (Wildman–Crippen MR) is 74.7 cm³/mol. The van der Waals surface area contributed by atoms with Crippen molar-refractivity contribution in [1.82, 2.24) is 0 Å². The molecule has 0 saturated heterocycles. The van der Waals surface area contributed by atoms with Gasteiger partial charge < -0.3 is 5.73 Å². The van der Waals surface area contributed by atoms with Crippen LogP contribution in [0.15, 0.2) is 6.08 Å². The van der Waals surface area contributed by atoms with Crippen molar-refractivity contribution >= 4 is 5.94 Å². The van der Waals surface area contributed by atoms with Crippen molar-refractivity contribution in [3.05, 3.63) is 6.08 Å². The van der Waals surface area contributed by atoms with E-state index < -0.39 is 0 Å². The zero-order chi connectivity index (χ0) is 12.8. The maximum absolute atomic E-state index is 10.0. The number of hydrogen-bond donors (Lipinski definition) is 1. The molecule has 2 nitrogen and oxygen atoms in total. The highest BCUT2D eigenvalue weighted by Crippen LogP contribution is 2.11. The molecule has 0 heterocycles. The van der Waals surface area contributed by atoms with Crippen LogP contribution in [0.5, 0.6) is 0 Å². The van der Waals surface area contributed by atoms with Crippen molar-refractivity contribution in [3.63, 3.8) is 0 Å². The van der Waals surface area contributed by atoms with Crippen LogP contribution in [0, 0.1) is 0 Å². The van der Waals surface area contributed by atoms with E-state index in [1.165, 1.54) is 63.9 Å². The summed E-state index contributed by atoms with van der Waals surface area (Å²) in [6.07, 6.45) is 15.7. The van der Waals surface area contributed by atoms with Crippen LogP contribution in [0.25, 0.3) is 0 Å². The minimum atomic E-state index is -0.0819. The summed E-state index contributed by atoms with van der Waals surface area (Å²) < 4.78 is 0. The lowest BCUT2D eigenvalue weighted by Crippen LogP contribution is -2.16. The maximum atomic E-state index is 10.0. The second-order valence-electron chi connectivity index (χ2n) is 4.92. The molecule has 1 unspecified atom stereocenters. The highest BCUT2D eigenvalue weighted by atomic mass is 16.1. The molecule has 0 bridgehead atoms. The molecular weight excluding hydrogens is 210 g/mol. The minimum absolute atomic E-state index is 0.0819. The molecule has 0 aliphatic carbocycles. The molecule has 0 aromatic rings. The summed E-state index contributed by atoms with van der Waals surface area (Å²) in [6.45, 7) is 2.25. The third-order valence-electron chi connectivity index (χ3n) is 3.17. The zero-order valence-corrected chi connectivity index (χ0v) is 11.4. The number of unbranched alkanes of at least 4 members (excludes halogenated alkanes) is 9. The summed E-state index contributed by atoms with van der Waals surface area (Å²) in [5, 5.41) is 0. The van der Waals surface area contributed by atoms with E-state index in [1.807, 2.05) is 0 Å². The molecule has 0 fully saturated rings. The van der Waals surface area contributed by atoms with Gasteiger partial charge in [0.05, 0.1) is 0 Å². The first-order valence-electron chi connectivity index (χ1n) is 7.27. The fourth-order valence-electron chi connectivity index (χ4n) is 2.04. The number of rotatable bonds is 12. The van der Waals surface area contributed by atoms with Gasteiger partial charge in [0, 0.05) is 12.1 Å². The summed E-state index contributed by atoms with van der Waals surface area (Å²) in [6, 6.07) is -0.0819. The molecule has 0 rings (SSSR count). The van der Waals surface area contributed by atoms with Crippen LogP contribution in [0.2, 0.25) is 0 Å². The summed E-state index contributed by atoms with van der Waals surface area (Å²) in [5.74, 6) is 1.75. The molecule has 0 aliphatic rings. The predicted octanol–water partition coefficient (Wildman–Crippen LogP) is 4.01. The van der Waals surface area contributed by atoms with E-state index in [9.17, 15) is 4.79 Å². The molecule has 100 valence electrons. The SMILES string of the molecule is CCCCCCCCCCCCC(N)C=C=O. The Kier molecular flexibility index (Phi) is 13.0. The highest BCUT2D eigenvalue weighted by molar-refractivity contribution is 5.46. The molecule has 2 heteroatoms. The summed E-state index contributed by atoms with van der Waals surface area (Å²) in [4.78, 5) is 10.0. The molecule has 17 heavy (non-hydrogen) atoms. The first-order chi connectivity index (χ1) is 8.31. The molecule has 0 aromatic heterocycles. The van der Waals surface area contributed by atoms with Crippen LogP contribution in [0.1, 0.15) is 77.6 Å². The van der Waals surface area contributed by atoms with Gasteiger partial charge in [-0.3, -0.25) is 0 Å². The first-order valence-corrected chi connectivity index (χ1v) is 7.27. The molecule has 1 atom stereocenters. The molecule has 0 radical (unpaired) electrons. The summed E-state index contributed by atoms with van der Waals surface area (Å²) in [5.41, 5.74) is 5.68. The molecule has 0 saturated carbocycles. The van der Waals surface area contributed by atoms with E-state index in [0.29, 0.717) is 0 Å². The van der Waals surface area contributed by atoms with Gasteiger partial charge in [-0.05, 0) is 6.42 Å². The Morgan fingerprint density at radius 2 is 1.41 bits per heavy atom. The first kappa shape index (κ1) is 16.4. The monoisotopic (exact) mass is 239 g/mol. The maximum Gasteiger partial charge on any atom is 0.121 e. The Morgan fingerprint density at radius 3 is 1.88 bits per heavy atom. The van der Waals surface area contributed by atoms with Gasteiger partial charge in [-0.15, -0.1) is 0 Å². The van der Waals surface area contributed by atoms with Crippen molar-refractivity contribution in [2.24, 2.45) is 5.73 Å².